The molecule has 6 nitrogen and oxygen atoms in total. The van der Waals surface area contributed by atoms with Crippen LogP contribution in [0.3, 0.4) is 0 Å². The number of benzene rings is 1. The number of carbonyl (C=O) groups excluding carboxylic acids is 1. The quantitative estimate of drug-likeness (QED) is 0.734. The monoisotopic (exact) mass is 378 g/mol. The van der Waals surface area contributed by atoms with Crippen LogP contribution >= 0.6 is 15.9 Å². The second kappa shape index (κ2) is 8.47. The fourth-order valence-electron chi connectivity index (χ4n) is 1.67. The maximum Gasteiger partial charge on any atom is 0.252 e. The number of methoxy groups -OCH3 is 1. The van der Waals surface area contributed by atoms with E-state index >= 15 is 0 Å². The van der Waals surface area contributed by atoms with Crippen LogP contribution < -0.4 is 5.32 Å². The Morgan fingerprint density at radius 3 is 2.57 bits per heavy atom. The van der Waals surface area contributed by atoms with Crippen molar-refractivity contribution in [2.45, 2.75) is 0 Å². The molecule has 1 rings (SSSR count). The predicted molar refractivity (Wildman–Crippen MR) is 84.8 cm³/mol. The second-order valence-electron chi connectivity index (χ2n) is 4.39. The largest absolute Gasteiger partial charge is 0.383 e. The lowest BCUT2D eigenvalue weighted by Gasteiger charge is -2.19. The molecule has 0 saturated carbocycles. The molecule has 0 aliphatic rings. The maximum absolute atomic E-state index is 12.0. The summed E-state index contributed by atoms with van der Waals surface area (Å²) in [4.78, 5) is 12.0. The number of halogens is 1. The van der Waals surface area contributed by atoms with Crippen LogP contribution in [0.1, 0.15) is 10.4 Å². The summed E-state index contributed by atoms with van der Waals surface area (Å²) in [6, 6.07) is 7.05. The molecular formula is C13H19BrN2O4S. The van der Waals surface area contributed by atoms with Crippen molar-refractivity contribution in [3.05, 3.63) is 34.3 Å². The van der Waals surface area contributed by atoms with Crippen molar-refractivity contribution in [2.24, 2.45) is 0 Å². The zero-order valence-electron chi connectivity index (χ0n) is 12.0. The van der Waals surface area contributed by atoms with E-state index in [2.05, 4.69) is 21.2 Å². The van der Waals surface area contributed by atoms with Crippen LogP contribution in [0, 0.1) is 0 Å². The van der Waals surface area contributed by atoms with Gasteiger partial charge in [0, 0.05) is 31.2 Å². The molecule has 0 unspecified atom stereocenters. The molecule has 1 aromatic rings. The summed E-state index contributed by atoms with van der Waals surface area (Å²) in [6.45, 7) is 1.01. The highest BCUT2D eigenvalue weighted by atomic mass is 79.9. The van der Waals surface area contributed by atoms with Gasteiger partial charge < -0.3 is 10.1 Å². The van der Waals surface area contributed by atoms with Gasteiger partial charge in [-0.2, -0.15) is 4.31 Å². The van der Waals surface area contributed by atoms with Crippen molar-refractivity contribution in [2.75, 3.05) is 39.6 Å². The first kappa shape index (κ1) is 18.1. The third-order valence-corrected chi connectivity index (χ3v) is 4.77. The van der Waals surface area contributed by atoms with E-state index in [-0.39, 0.29) is 25.5 Å². The molecule has 0 saturated heterocycles. The number of ether oxygens (including phenoxy) is 1. The first-order chi connectivity index (χ1) is 9.86. The van der Waals surface area contributed by atoms with Gasteiger partial charge >= 0.3 is 0 Å². The van der Waals surface area contributed by atoms with Crippen LogP contribution in [0.4, 0.5) is 0 Å². The van der Waals surface area contributed by atoms with Gasteiger partial charge in [0.15, 0.2) is 0 Å². The molecule has 0 fully saturated rings. The minimum Gasteiger partial charge on any atom is -0.383 e. The Hall–Kier alpha value is -0.960. The van der Waals surface area contributed by atoms with Crippen LogP contribution in [0.5, 0.6) is 0 Å². The Morgan fingerprint density at radius 1 is 1.33 bits per heavy atom. The average Bonchev–Trinajstić information content (AvgIpc) is 2.41. The molecular weight excluding hydrogens is 360 g/mol. The maximum atomic E-state index is 12.0. The first-order valence-electron chi connectivity index (χ1n) is 6.33. The summed E-state index contributed by atoms with van der Waals surface area (Å²) in [5.74, 6) is -0.248. The van der Waals surface area contributed by atoms with Gasteiger partial charge in [-0.15, -0.1) is 0 Å². The van der Waals surface area contributed by atoms with Gasteiger partial charge in [-0.3, -0.25) is 4.79 Å². The van der Waals surface area contributed by atoms with E-state index in [1.165, 1.54) is 11.4 Å². The average molecular weight is 379 g/mol. The fraction of sp³-hybridized carbons (Fsp3) is 0.462. The zero-order valence-corrected chi connectivity index (χ0v) is 14.4. The van der Waals surface area contributed by atoms with Gasteiger partial charge in [0.1, 0.15) is 0 Å². The lowest BCUT2D eigenvalue weighted by molar-refractivity contribution is 0.0949. The van der Waals surface area contributed by atoms with E-state index in [0.29, 0.717) is 16.6 Å². The fourth-order valence-corrected chi connectivity index (χ4v) is 2.97. The Labute approximate surface area is 133 Å². The van der Waals surface area contributed by atoms with E-state index in [1.54, 1.807) is 18.2 Å². The number of hydrogen-bond acceptors (Lipinski definition) is 4. The highest BCUT2D eigenvalue weighted by Gasteiger charge is 2.16. The Balaban J connectivity index is 2.54. The van der Waals surface area contributed by atoms with Gasteiger partial charge in [0.2, 0.25) is 10.0 Å². The van der Waals surface area contributed by atoms with Crippen molar-refractivity contribution in [3.8, 4) is 0 Å². The normalized spacial score (nSPS) is 11.6. The molecule has 1 N–H and O–H groups in total. The van der Waals surface area contributed by atoms with Crippen LogP contribution in [-0.2, 0) is 14.8 Å². The standard InChI is InChI=1S/C13H19BrN2O4S/c1-20-10-9-16(21(2,18)19)8-7-15-13(17)11-5-3-4-6-12(11)14/h3-6H,7-10H2,1-2H3,(H,15,17). The van der Waals surface area contributed by atoms with Crippen molar-refractivity contribution in [1.29, 1.82) is 0 Å². The Kier molecular flexibility index (Phi) is 7.30. The summed E-state index contributed by atoms with van der Waals surface area (Å²) in [5.41, 5.74) is 0.514. The van der Waals surface area contributed by atoms with Gasteiger partial charge in [-0.1, -0.05) is 12.1 Å². The summed E-state index contributed by atoms with van der Waals surface area (Å²) in [6.07, 6.45) is 1.14. The number of sulfonamides is 1. The van der Waals surface area contributed by atoms with Crippen LogP contribution in [-0.4, -0.2) is 58.2 Å². The lowest BCUT2D eigenvalue weighted by Crippen LogP contribution is -2.39. The van der Waals surface area contributed by atoms with Gasteiger partial charge in [0.05, 0.1) is 18.4 Å². The number of rotatable bonds is 8. The summed E-state index contributed by atoms with van der Waals surface area (Å²) in [5, 5.41) is 2.70. The predicted octanol–water partition coefficient (Wildman–Crippen LogP) is 1.09. The number of amides is 1. The van der Waals surface area contributed by atoms with E-state index in [1.807, 2.05) is 6.07 Å². The minimum atomic E-state index is -3.32. The smallest absolute Gasteiger partial charge is 0.252 e. The van der Waals surface area contributed by atoms with Crippen LogP contribution in [0.15, 0.2) is 28.7 Å². The lowest BCUT2D eigenvalue weighted by atomic mass is 10.2. The van der Waals surface area contributed by atoms with E-state index in [9.17, 15) is 13.2 Å². The van der Waals surface area contributed by atoms with Crippen molar-refractivity contribution >= 4 is 31.9 Å². The van der Waals surface area contributed by atoms with Gasteiger partial charge in [-0.05, 0) is 28.1 Å². The number of nitrogens with one attached hydrogen (secondary N) is 1. The molecule has 0 bridgehead atoms. The first-order valence-corrected chi connectivity index (χ1v) is 8.97. The van der Waals surface area contributed by atoms with Crippen LogP contribution in [0.25, 0.3) is 0 Å². The zero-order chi connectivity index (χ0) is 15.9. The summed E-state index contributed by atoms with van der Waals surface area (Å²) < 4.78 is 30.0. The second-order valence-corrected chi connectivity index (χ2v) is 7.23. The van der Waals surface area contributed by atoms with Crippen LogP contribution in [0.2, 0.25) is 0 Å². The molecule has 0 heterocycles. The van der Waals surface area contributed by atoms with E-state index < -0.39 is 10.0 Å². The summed E-state index contributed by atoms with van der Waals surface area (Å²) >= 11 is 3.30. The van der Waals surface area contributed by atoms with Gasteiger partial charge in [0.25, 0.3) is 5.91 Å². The third kappa shape index (κ3) is 6.13. The molecule has 0 aliphatic carbocycles. The molecule has 0 aromatic heterocycles. The van der Waals surface area contributed by atoms with E-state index in [4.69, 9.17) is 4.74 Å². The molecule has 0 radical (unpaired) electrons. The molecule has 21 heavy (non-hydrogen) atoms. The SMILES string of the molecule is COCCN(CCNC(=O)c1ccccc1Br)S(C)(=O)=O. The molecule has 1 aromatic carbocycles. The van der Waals surface area contributed by atoms with Crippen molar-refractivity contribution in [3.63, 3.8) is 0 Å². The Bertz CT molecular complexity index is 577. The molecule has 118 valence electrons. The van der Waals surface area contributed by atoms with Gasteiger partial charge in [-0.25, -0.2) is 8.42 Å². The molecule has 8 heteroatoms. The topological polar surface area (TPSA) is 75.7 Å². The minimum absolute atomic E-state index is 0.207. The Morgan fingerprint density at radius 2 is 2.00 bits per heavy atom. The number of nitrogens with zero attached hydrogens (tertiary/aromatic N) is 1. The molecule has 0 spiro atoms. The highest BCUT2D eigenvalue weighted by molar-refractivity contribution is 9.10. The third-order valence-electron chi connectivity index (χ3n) is 2.78. The van der Waals surface area contributed by atoms with E-state index in [0.717, 1.165) is 6.26 Å². The van der Waals surface area contributed by atoms with Crippen molar-refractivity contribution in [1.82, 2.24) is 9.62 Å². The molecule has 1 amide bonds. The molecule has 0 atom stereocenters. The highest BCUT2D eigenvalue weighted by Crippen LogP contribution is 2.15. The number of carbonyl (C=O) groups is 1. The molecule has 0 aliphatic heterocycles. The van der Waals surface area contributed by atoms with Crippen molar-refractivity contribution < 1.29 is 17.9 Å². The number of hydrogen-bond donors (Lipinski definition) is 1. The summed E-state index contributed by atoms with van der Waals surface area (Å²) in [7, 11) is -1.81.